The van der Waals surface area contributed by atoms with Crippen LogP contribution in [-0.2, 0) is 5.41 Å². The van der Waals surface area contributed by atoms with E-state index >= 15 is 0 Å². The number of aryl methyl sites for hydroxylation is 1. The van der Waals surface area contributed by atoms with Gasteiger partial charge < -0.3 is 0 Å². The molecule has 12 heterocycles. The molecule has 698 valence electrons. The van der Waals surface area contributed by atoms with Crippen LogP contribution in [0.15, 0.2) is 449 Å². The molecule has 0 amide bonds. The van der Waals surface area contributed by atoms with Gasteiger partial charge in [0.1, 0.15) is 0 Å². The van der Waals surface area contributed by atoms with E-state index in [1.807, 2.05) is 341 Å². The Hall–Kier alpha value is -20.1. The van der Waals surface area contributed by atoms with Gasteiger partial charge in [0.15, 0.2) is 46.6 Å². The Labute approximate surface area is 840 Å². The number of imidazole rings is 8. The molecule has 0 fully saturated rings. The quantitative estimate of drug-likeness (QED) is 0.104. The van der Waals surface area contributed by atoms with Gasteiger partial charge in [-0.3, -0.25) is 17.6 Å². The average Bonchev–Trinajstić information content (AvgIpc) is 1.57. The summed E-state index contributed by atoms with van der Waals surface area (Å²) in [5.74, 6) is 10.2. The Morgan fingerprint density at radius 2 is 0.367 bits per heavy atom. The molecule has 0 saturated heterocycles. The van der Waals surface area contributed by atoms with Crippen molar-refractivity contribution in [2.75, 3.05) is 0 Å². The average molecular weight is 1900 g/mol. The zero-order valence-corrected chi connectivity index (χ0v) is 80.0. The molecule has 29 aromatic rings. The first kappa shape index (κ1) is 87.1. The molecular weight excluding hydrogens is 1810 g/mol. The highest BCUT2D eigenvalue weighted by Gasteiger charge is 2.29. The van der Waals surface area contributed by atoms with Crippen molar-refractivity contribution in [2.24, 2.45) is 0 Å². The van der Waals surface area contributed by atoms with Crippen LogP contribution in [0, 0.1) is 6.92 Å². The summed E-state index contributed by atoms with van der Waals surface area (Å²) in [5, 5.41) is 0. The van der Waals surface area contributed by atoms with Crippen molar-refractivity contribution < 1.29 is 0 Å². The van der Waals surface area contributed by atoms with Crippen LogP contribution in [0.3, 0.4) is 0 Å². The molecule has 0 aliphatic rings. The molecule has 0 aliphatic carbocycles. The summed E-state index contributed by atoms with van der Waals surface area (Å²) in [4.78, 5) is 79.3. The van der Waals surface area contributed by atoms with Crippen LogP contribution in [0.1, 0.15) is 31.9 Å². The van der Waals surface area contributed by atoms with E-state index in [4.69, 9.17) is 79.7 Å². The van der Waals surface area contributed by atoms with Gasteiger partial charge in [-0.05, 0) is 132 Å². The SMILES string of the molecule is CC(C)(C)c1ccc2c(c1)n1c3ccccc3nc1n2-c1nc(-c2ccccc2)nc(-c2ccccc2)n1.Cc1ccc2c(c1)n1c3ccccc3nc1n2-c1nc(-c2ccccc2)nc(-c2ccccc2)n1.c1ccc(-c2ccc3c(c2)n2c4ccccc4nc2n3-c2nc(-c3ccccc3)nc(-c3ccccc3)n2)cc1.c1ccc(-c2nc(-c3ccccc3)nc(-n3c4ccccc4n4c5ccccc5nc34)n2)cc1. The van der Waals surface area contributed by atoms with Crippen molar-refractivity contribution >= 4 is 111 Å². The van der Waals surface area contributed by atoms with Gasteiger partial charge in [0.05, 0.1) is 88.3 Å². The van der Waals surface area contributed by atoms with Crippen molar-refractivity contribution in [3.8, 4) is 126 Å². The van der Waals surface area contributed by atoms with E-state index in [0.717, 1.165) is 167 Å². The van der Waals surface area contributed by atoms with Gasteiger partial charge in [-0.2, -0.15) is 39.9 Å². The molecule has 0 atom stereocenters. The van der Waals surface area contributed by atoms with Gasteiger partial charge in [0.25, 0.3) is 0 Å². The zero-order valence-electron chi connectivity index (χ0n) is 80.0. The summed E-state index contributed by atoms with van der Waals surface area (Å²) in [6.45, 7) is 8.81. The van der Waals surface area contributed by atoms with Crippen LogP contribution >= 0.6 is 0 Å². The first-order valence-electron chi connectivity index (χ1n) is 48.6. The van der Waals surface area contributed by atoms with Gasteiger partial charge in [-0.25, -0.2) is 58.1 Å². The van der Waals surface area contributed by atoms with E-state index in [9.17, 15) is 0 Å². The molecule has 0 bridgehead atoms. The fraction of sp³-hybridized carbons (Fsp3) is 0.0407. The molecule has 0 spiro atoms. The van der Waals surface area contributed by atoms with E-state index < -0.39 is 0 Å². The van der Waals surface area contributed by atoms with Gasteiger partial charge in [0, 0.05) is 44.5 Å². The van der Waals surface area contributed by atoms with Crippen molar-refractivity contribution in [1.82, 2.24) is 116 Å². The summed E-state index contributed by atoms with van der Waals surface area (Å²) in [7, 11) is 0. The highest BCUT2D eigenvalue weighted by Crippen LogP contribution is 2.40. The van der Waals surface area contributed by atoms with Crippen molar-refractivity contribution in [2.45, 2.75) is 33.1 Å². The standard InChI is InChI=1S/C34H22N6.C32H26N6.C29H20N6.C28H18N6/c1-4-12-23(13-5-1)26-20-21-29-30(22-26)39-28-19-11-10-18-27(28)35-34(39)40(29)33-37-31(24-14-6-2-7-15-24)36-32(38-33)25-16-8-3-9-17-25;1-32(2,3)23-18-19-26-27(20-23)37-25-17-11-10-16-24(25)33-31(37)38(26)30-35-28(21-12-6-4-7-13-21)34-29(36-30)22-14-8-5-9-15-22;1-19-16-17-24-25(18-19)34-23-15-9-8-14-22(23)30-29(34)35(24)28-32-26(20-10-4-2-5-11-20)31-27(33-28)21-12-6-3-7-13-21;1-3-11-19(12-4-1)25-30-26(20-13-5-2-6-14-20)32-27(31-25)34-24-18-10-9-17-23(24)33-22-16-8-7-15-21(22)29-28(33)34/h1-22H;4-20H,1-3H3;2-18H,1H3;1-18H. The lowest BCUT2D eigenvalue weighted by molar-refractivity contribution is 0.591. The summed E-state index contributed by atoms with van der Waals surface area (Å²) < 4.78 is 16.9. The van der Waals surface area contributed by atoms with Crippen LogP contribution in [0.25, 0.3) is 237 Å². The zero-order chi connectivity index (χ0) is 98.2. The minimum absolute atomic E-state index is 0.00707. The lowest BCUT2D eigenvalue weighted by Gasteiger charge is -2.19. The predicted octanol–water partition coefficient (Wildman–Crippen LogP) is 27.1. The van der Waals surface area contributed by atoms with Crippen LogP contribution in [0.5, 0.6) is 0 Å². The summed E-state index contributed by atoms with van der Waals surface area (Å²) in [6.07, 6.45) is 0. The largest absolute Gasteiger partial charge is 0.276 e. The topological polar surface area (TPSA) is 244 Å². The molecule has 147 heavy (non-hydrogen) atoms. The van der Waals surface area contributed by atoms with Crippen molar-refractivity contribution in [1.29, 1.82) is 0 Å². The van der Waals surface area contributed by atoms with Crippen molar-refractivity contribution in [3.63, 3.8) is 0 Å². The van der Waals surface area contributed by atoms with Crippen LogP contribution in [0.4, 0.5) is 0 Å². The molecule has 0 N–H and O–H groups in total. The fourth-order valence-corrected chi connectivity index (χ4v) is 19.3. The highest BCUT2D eigenvalue weighted by molar-refractivity contribution is 5.98. The van der Waals surface area contributed by atoms with Crippen LogP contribution in [0.2, 0.25) is 0 Å². The maximum absolute atomic E-state index is 5.06. The second kappa shape index (κ2) is 36.5. The van der Waals surface area contributed by atoms with Gasteiger partial charge in [0.2, 0.25) is 46.9 Å². The number of hydrogen-bond acceptors (Lipinski definition) is 16. The van der Waals surface area contributed by atoms with Crippen LogP contribution in [-0.4, -0.2) is 116 Å². The number of fused-ring (bicyclic) bond motifs is 20. The van der Waals surface area contributed by atoms with Gasteiger partial charge in [-0.15, -0.1) is 0 Å². The molecule has 29 rings (SSSR count). The van der Waals surface area contributed by atoms with E-state index in [2.05, 4.69) is 171 Å². The Kier molecular flexibility index (Phi) is 21.6. The maximum atomic E-state index is 5.06. The third kappa shape index (κ3) is 16.0. The van der Waals surface area contributed by atoms with E-state index in [0.29, 0.717) is 70.4 Å². The predicted molar refractivity (Wildman–Crippen MR) is 584 cm³/mol. The Morgan fingerprint density at radius 3 is 0.646 bits per heavy atom. The number of rotatable bonds is 13. The maximum Gasteiger partial charge on any atom is 0.241 e. The Bertz CT molecular complexity index is 9810. The van der Waals surface area contributed by atoms with E-state index in [-0.39, 0.29) is 5.41 Å². The smallest absolute Gasteiger partial charge is 0.241 e. The van der Waals surface area contributed by atoms with E-state index in [1.54, 1.807) is 0 Å². The number of hydrogen-bond donors (Lipinski definition) is 0. The molecular formula is C123H86N24. The number of para-hydroxylation sites is 10. The Balaban J connectivity index is 0.0000000996. The molecule has 24 heteroatoms. The minimum atomic E-state index is 0.00707. The monoisotopic (exact) mass is 1900 g/mol. The number of benzene rings is 17. The second-order valence-corrected chi connectivity index (χ2v) is 36.8. The molecule has 0 aliphatic heterocycles. The first-order chi connectivity index (χ1) is 72.4. The summed E-state index contributed by atoms with van der Waals surface area (Å²) in [6, 6.07) is 151. The van der Waals surface area contributed by atoms with Crippen molar-refractivity contribution in [3.05, 3.63) is 460 Å². The molecule has 0 radical (unpaired) electrons. The lowest BCUT2D eigenvalue weighted by Crippen LogP contribution is -2.11. The van der Waals surface area contributed by atoms with Gasteiger partial charge >= 0.3 is 0 Å². The number of nitrogens with zero attached hydrogens (tertiary/aromatic N) is 24. The third-order valence-corrected chi connectivity index (χ3v) is 26.4. The molecule has 12 aromatic heterocycles. The second-order valence-electron chi connectivity index (χ2n) is 36.8. The molecule has 0 saturated carbocycles. The first-order valence-corrected chi connectivity index (χ1v) is 48.6. The van der Waals surface area contributed by atoms with E-state index in [1.165, 1.54) is 11.1 Å². The third-order valence-electron chi connectivity index (χ3n) is 26.4. The lowest BCUT2D eigenvalue weighted by atomic mass is 9.87. The fourth-order valence-electron chi connectivity index (χ4n) is 19.3. The van der Waals surface area contributed by atoms with Crippen LogP contribution < -0.4 is 0 Å². The molecule has 0 unspecified atom stereocenters. The summed E-state index contributed by atoms with van der Waals surface area (Å²) in [5.41, 5.74) is 28.3. The minimum Gasteiger partial charge on any atom is -0.276 e. The van der Waals surface area contributed by atoms with Gasteiger partial charge in [-0.1, -0.05) is 373 Å². The highest BCUT2D eigenvalue weighted by atomic mass is 15.3. The number of aromatic nitrogens is 24. The molecule has 17 aromatic carbocycles. The normalized spacial score (nSPS) is 11.7. The summed E-state index contributed by atoms with van der Waals surface area (Å²) >= 11 is 0. The molecule has 24 nitrogen and oxygen atoms in total. The Morgan fingerprint density at radius 1 is 0.156 bits per heavy atom.